The molecule has 3 aromatic rings. The maximum atomic E-state index is 14.2. The number of rotatable bonds is 6. The van der Waals surface area contributed by atoms with Crippen molar-refractivity contribution in [3.63, 3.8) is 0 Å². The Morgan fingerprint density at radius 2 is 1.55 bits per heavy atom. The molecule has 0 spiro atoms. The van der Waals surface area contributed by atoms with Gasteiger partial charge in [0.05, 0.1) is 5.56 Å². The van der Waals surface area contributed by atoms with Gasteiger partial charge in [-0.15, -0.1) is 0 Å². The van der Waals surface area contributed by atoms with Crippen molar-refractivity contribution >= 4 is 5.91 Å². The number of hydrogen-bond acceptors (Lipinski definition) is 2. The number of nitrogens with zero attached hydrogens (tertiary/aromatic N) is 1. The number of ether oxygens (including phenoxy) is 1. The molecule has 0 aliphatic carbocycles. The molecule has 0 N–H and O–H groups in total. The van der Waals surface area contributed by atoms with E-state index < -0.39 is 11.4 Å². The number of halogens is 1. The molecule has 1 amide bonds. The highest BCUT2D eigenvalue weighted by Crippen LogP contribution is 2.24. The quantitative estimate of drug-likeness (QED) is 0.528. The van der Waals surface area contributed by atoms with Crippen LogP contribution in [0.15, 0.2) is 78.9 Å². The van der Waals surface area contributed by atoms with E-state index in [9.17, 15) is 9.18 Å². The van der Waals surface area contributed by atoms with Gasteiger partial charge in [0, 0.05) is 12.1 Å². The van der Waals surface area contributed by atoms with E-state index in [0.29, 0.717) is 13.2 Å². The third-order valence-corrected chi connectivity index (χ3v) is 4.65. The fourth-order valence-corrected chi connectivity index (χ4v) is 3.05. The number of hydrogen-bond donors (Lipinski definition) is 0. The van der Waals surface area contributed by atoms with E-state index >= 15 is 0 Å². The highest BCUT2D eigenvalue weighted by atomic mass is 19.1. The summed E-state index contributed by atoms with van der Waals surface area (Å²) in [4.78, 5) is 14.7. The van der Waals surface area contributed by atoms with E-state index in [1.165, 1.54) is 12.1 Å². The van der Waals surface area contributed by atoms with Gasteiger partial charge in [-0.2, -0.15) is 0 Å². The predicted molar refractivity (Wildman–Crippen MR) is 113 cm³/mol. The number of carbonyl (C=O) groups is 1. The van der Waals surface area contributed by atoms with Gasteiger partial charge in [-0.25, -0.2) is 4.39 Å². The van der Waals surface area contributed by atoms with Gasteiger partial charge in [0.15, 0.2) is 0 Å². The molecular weight excluding hydrogens is 365 g/mol. The van der Waals surface area contributed by atoms with E-state index in [1.807, 2.05) is 75.4 Å². The zero-order valence-electron chi connectivity index (χ0n) is 17.1. The Kier molecular flexibility index (Phi) is 6.32. The normalized spacial score (nSPS) is 11.2. The third-order valence-electron chi connectivity index (χ3n) is 4.65. The molecule has 3 rings (SSSR count). The molecule has 150 valence electrons. The molecule has 0 aliphatic rings. The van der Waals surface area contributed by atoms with Crippen LogP contribution in [-0.4, -0.2) is 16.3 Å². The summed E-state index contributed by atoms with van der Waals surface area (Å²) in [6, 6.07) is 23.7. The van der Waals surface area contributed by atoms with Gasteiger partial charge in [0.1, 0.15) is 18.2 Å². The first kappa shape index (κ1) is 20.6. The van der Waals surface area contributed by atoms with Crippen LogP contribution in [0.25, 0.3) is 0 Å². The molecule has 29 heavy (non-hydrogen) atoms. The first-order valence-corrected chi connectivity index (χ1v) is 9.67. The van der Waals surface area contributed by atoms with Crippen LogP contribution in [-0.2, 0) is 13.2 Å². The standard InChI is InChI=1S/C25H26FNO2/c1-25(2,3)27(24(28)22-14-7-8-15-23(22)26)17-20-12-9-13-21(16-20)29-18-19-10-5-4-6-11-19/h4-16H,17-18H2,1-3H3. The highest BCUT2D eigenvalue weighted by molar-refractivity contribution is 5.94. The highest BCUT2D eigenvalue weighted by Gasteiger charge is 2.29. The lowest BCUT2D eigenvalue weighted by Gasteiger charge is -2.36. The molecule has 0 unspecified atom stereocenters. The maximum absolute atomic E-state index is 14.2. The molecule has 0 saturated carbocycles. The van der Waals surface area contributed by atoms with Crippen molar-refractivity contribution in [1.29, 1.82) is 0 Å². The molecule has 0 bridgehead atoms. The number of carbonyl (C=O) groups excluding carboxylic acids is 1. The fourth-order valence-electron chi connectivity index (χ4n) is 3.05. The lowest BCUT2D eigenvalue weighted by atomic mass is 10.0. The van der Waals surface area contributed by atoms with Crippen LogP contribution >= 0.6 is 0 Å². The maximum Gasteiger partial charge on any atom is 0.257 e. The van der Waals surface area contributed by atoms with Crippen molar-refractivity contribution in [1.82, 2.24) is 4.90 Å². The minimum atomic E-state index is -0.508. The SMILES string of the molecule is CC(C)(C)N(Cc1cccc(OCc2ccccc2)c1)C(=O)c1ccccc1F. The van der Waals surface area contributed by atoms with Gasteiger partial charge in [-0.05, 0) is 56.2 Å². The zero-order chi connectivity index (χ0) is 20.9. The number of amides is 1. The summed E-state index contributed by atoms with van der Waals surface area (Å²) in [5.74, 6) is -0.101. The van der Waals surface area contributed by atoms with Gasteiger partial charge in [0.25, 0.3) is 5.91 Å². The Morgan fingerprint density at radius 1 is 0.897 bits per heavy atom. The molecule has 0 aliphatic heterocycles. The summed E-state index contributed by atoms with van der Waals surface area (Å²) in [6.45, 7) is 6.67. The lowest BCUT2D eigenvalue weighted by molar-refractivity contribution is 0.0554. The Morgan fingerprint density at radius 3 is 2.24 bits per heavy atom. The third kappa shape index (κ3) is 5.44. The average Bonchev–Trinajstić information content (AvgIpc) is 2.71. The average molecular weight is 391 g/mol. The van der Waals surface area contributed by atoms with E-state index in [2.05, 4.69) is 0 Å². The van der Waals surface area contributed by atoms with Gasteiger partial charge < -0.3 is 9.64 Å². The predicted octanol–water partition coefficient (Wildman–Crippen LogP) is 5.85. The molecule has 0 aromatic heterocycles. The smallest absolute Gasteiger partial charge is 0.257 e. The molecule has 4 heteroatoms. The lowest BCUT2D eigenvalue weighted by Crippen LogP contribution is -2.45. The van der Waals surface area contributed by atoms with Crippen molar-refractivity contribution in [3.05, 3.63) is 101 Å². The van der Waals surface area contributed by atoms with Crippen LogP contribution in [0, 0.1) is 5.82 Å². The Labute approximate surface area is 171 Å². The summed E-state index contributed by atoms with van der Waals surface area (Å²) < 4.78 is 20.1. The molecule has 0 heterocycles. The monoisotopic (exact) mass is 391 g/mol. The van der Waals surface area contributed by atoms with Crippen molar-refractivity contribution in [2.24, 2.45) is 0 Å². The Hall–Kier alpha value is -3.14. The zero-order valence-corrected chi connectivity index (χ0v) is 17.1. The van der Waals surface area contributed by atoms with E-state index in [1.54, 1.807) is 17.0 Å². The summed E-state index contributed by atoms with van der Waals surface area (Å²) in [5.41, 5.74) is 1.62. The van der Waals surface area contributed by atoms with Crippen LogP contribution in [0.3, 0.4) is 0 Å². The van der Waals surface area contributed by atoms with Gasteiger partial charge in [-0.3, -0.25) is 4.79 Å². The molecule has 0 radical (unpaired) electrons. The molecule has 3 aromatic carbocycles. The minimum Gasteiger partial charge on any atom is -0.489 e. The molecule has 0 fully saturated rings. The molecule has 3 nitrogen and oxygen atoms in total. The van der Waals surface area contributed by atoms with Crippen molar-refractivity contribution in [3.8, 4) is 5.75 Å². The van der Waals surface area contributed by atoms with Gasteiger partial charge >= 0.3 is 0 Å². The van der Waals surface area contributed by atoms with Crippen molar-refractivity contribution < 1.29 is 13.9 Å². The summed E-state index contributed by atoms with van der Waals surface area (Å²) in [5, 5.41) is 0. The Bertz CT molecular complexity index is 964. The largest absolute Gasteiger partial charge is 0.489 e. The van der Waals surface area contributed by atoms with Crippen LogP contribution < -0.4 is 4.74 Å². The summed E-state index contributed by atoms with van der Waals surface area (Å²) in [7, 11) is 0. The van der Waals surface area contributed by atoms with Crippen molar-refractivity contribution in [2.75, 3.05) is 0 Å². The molecule has 0 atom stereocenters. The molecular formula is C25H26FNO2. The second kappa shape index (κ2) is 8.91. The summed E-state index contributed by atoms with van der Waals surface area (Å²) >= 11 is 0. The van der Waals surface area contributed by atoms with Crippen LogP contribution in [0.1, 0.15) is 42.3 Å². The topological polar surface area (TPSA) is 29.5 Å². The number of benzene rings is 3. The van der Waals surface area contributed by atoms with Gasteiger partial charge in [-0.1, -0.05) is 54.6 Å². The van der Waals surface area contributed by atoms with Crippen molar-refractivity contribution in [2.45, 2.75) is 39.5 Å². The first-order chi connectivity index (χ1) is 13.8. The van der Waals surface area contributed by atoms with Crippen LogP contribution in [0.4, 0.5) is 4.39 Å². The molecule has 0 saturated heterocycles. The minimum absolute atomic E-state index is 0.0823. The van der Waals surface area contributed by atoms with E-state index in [-0.39, 0.29) is 11.5 Å². The summed E-state index contributed by atoms with van der Waals surface area (Å²) in [6.07, 6.45) is 0. The second-order valence-corrected chi connectivity index (χ2v) is 7.96. The fraction of sp³-hybridized carbons (Fsp3) is 0.240. The van der Waals surface area contributed by atoms with E-state index in [0.717, 1.165) is 16.9 Å². The van der Waals surface area contributed by atoms with E-state index in [4.69, 9.17) is 4.74 Å². The Balaban J connectivity index is 1.78. The van der Waals surface area contributed by atoms with Gasteiger partial charge in [0.2, 0.25) is 0 Å². The first-order valence-electron chi connectivity index (χ1n) is 9.67. The second-order valence-electron chi connectivity index (χ2n) is 7.96. The van der Waals surface area contributed by atoms with Crippen LogP contribution in [0.5, 0.6) is 5.75 Å². The van der Waals surface area contributed by atoms with Crippen LogP contribution in [0.2, 0.25) is 0 Å².